The van der Waals surface area contributed by atoms with E-state index in [1.54, 1.807) is 24.3 Å². The van der Waals surface area contributed by atoms with Crippen LogP contribution >= 0.6 is 11.6 Å². The van der Waals surface area contributed by atoms with Crippen LogP contribution in [0.25, 0.3) is 0 Å². The van der Waals surface area contributed by atoms with E-state index >= 15 is 0 Å². The SMILES string of the molecule is COc1cc(C(=O)c2ccc(Cl)cc2)ccc1[N+](=O)[O-]. The molecule has 0 bridgehead atoms. The first-order valence-corrected chi connectivity index (χ1v) is 6.03. The fourth-order valence-corrected chi connectivity index (χ4v) is 1.86. The van der Waals surface area contributed by atoms with Crippen LogP contribution in [0.15, 0.2) is 42.5 Å². The molecule has 102 valence electrons. The molecule has 0 aromatic heterocycles. The molecule has 2 aromatic rings. The zero-order valence-corrected chi connectivity index (χ0v) is 11.3. The molecule has 0 N–H and O–H groups in total. The lowest BCUT2D eigenvalue weighted by Gasteiger charge is -2.05. The maximum absolute atomic E-state index is 12.2. The summed E-state index contributed by atoms with van der Waals surface area (Å²) in [5.41, 5.74) is 0.584. The Morgan fingerprint density at radius 2 is 1.75 bits per heavy atom. The predicted molar refractivity (Wildman–Crippen MR) is 74.5 cm³/mol. The van der Waals surface area contributed by atoms with Gasteiger partial charge in [0.2, 0.25) is 0 Å². The van der Waals surface area contributed by atoms with Crippen molar-refractivity contribution in [1.82, 2.24) is 0 Å². The van der Waals surface area contributed by atoms with Crippen LogP contribution in [-0.2, 0) is 0 Å². The lowest BCUT2D eigenvalue weighted by molar-refractivity contribution is -0.385. The molecule has 0 aliphatic heterocycles. The second-order valence-electron chi connectivity index (χ2n) is 3.98. The molecule has 0 aliphatic carbocycles. The van der Waals surface area contributed by atoms with Crippen LogP contribution in [0.3, 0.4) is 0 Å². The monoisotopic (exact) mass is 291 g/mol. The summed E-state index contributed by atoms with van der Waals surface area (Å²) in [5, 5.41) is 11.3. The van der Waals surface area contributed by atoms with Crippen molar-refractivity contribution < 1.29 is 14.5 Å². The van der Waals surface area contributed by atoms with E-state index in [0.717, 1.165) is 0 Å². The molecule has 6 heteroatoms. The zero-order chi connectivity index (χ0) is 14.7. The summed E-state index contributed by atoms with van der Waals surface area (Å²) in [4.78, 5) is 22.5. The molecule has 0 saturated carbocycles. The number of nitro benzene ring substituents is 1. The van der Waals surface area contributed by atoms with Crippen LogP contribution in [0.5, 0.6) is 5.75 Å². The third kappa shape index (κ3) is 2.78. The molecule has 0 saturated heterocycles. The van der Waals surface area contributed by atoms with Crippen LogP contribution in [0.2, 0.25) is 5.02 Å². The number of hydrogen-bond donors (Lipinski definition) is 0. The first kappa shape index (κ1) is 14.0. The normalized spacial score (nSPS) is 10.1. The smallest absolute Gasteiger partial charge is 0.310 e. The number of ketones is 1. The van der Waals surface area contributed by atoms with Crippen molar-refractivity contribution in [3.05, 3.63) is 68.7 Å². The van der Waals surface area contributed by atoms with Crippen LogP contribution in [0.1, 0.15) is 15.9 Å². The van der Waals surface area contributed by atoms with Crippen molar-refractivity contribution in [2.75, 3.05) is 7.11 Å². The summed E-state index contributed by atoms with van der Waals surface area (Å²) in [6.45, 7) is 0. The summed E-state index contributed by atoms with van der Waals surface area (Å²) in [6, 6.07) is 10.4. The van der Waals surface area contributed by atoms with E-state index in [-0.39, 0.29) is 17.2 Å². The van der Waals surface area contributed by atoms with E-state index in [1.807, 2.05) is 0 Å². The fraction of sp³-hybridized carbons (Fsp3) is 0.0714. The Kier molecular flexibility index (Phi) is 4.00. The van der Waals surface area contributed by atoms with Crippen molar-refractivity contribution >= 4 is 23.1 Å². The lowest BCUT2D eigenvalue weighted by Crippen LogP contribution is -2.02. The Morgan fingerprint density at radius 3 is 2.30 bits per heavy atom. The fourth-order valence-electron chi connectivity index (χ4n) is 1.74. The highest BCUT2D eigenvalue weighted by atomic mass is 35.5. The molecule has 5 nitrogen and oxygen atoms in total. The number of methoxy groups -OCH3 is 1. The molecule has 20 heavy (non-hydrogen) atoms. The Hall–Kier alpha value is -2.40. The maximum Gasteiger partial charge on any atom is 0.310 e. The van der Waals surface area contributed by atoms with E-state index in [4.69, 9.17) is 16.3 Å². The molecule has 2 rings (SSSR count). The largest absolute Gasteiger partial charge is 0.490 e. The number of carbonyl (C=O) groups is 1. The Bertz CT molecular complexity index is 667. The van der Waals surface area contributed by atoms with Crippen molar-refractivity contribution in [2.45, 2.75) is 0 Å². The van der Waals surface area contributed by atoms with Crippen molar-refractivity contribution in [2.24, 2.45) is 0 Å². The average Bonchev–Trinajstić information content (AvgIpc) is 2.46. The number of nitro groups is 1. The number of nitrogens with zero attached hydrogens (tertiary/aromatic N) is 1. The highest BCUT2D eigenvalue weighted by Gasteiger charge is 2.18. The Balaban J connectivity index is 2.40. The quantitative estimate of drug-likeness (QED) is 0.491. The number of rotatable bonds is 4. The molecular weight excluding hydrogens is 282 g/mol. The lowest BCUT2D eigenvalue weighted by atomic mass is 10.0. The van der Waals surface area contributed by atoms with Crippen molar-refractivity contribution in [3.63, 3.8) is 0 Å². The first-order chi connectivity index (χ1) is 9.52. The molecule has 0 atom stereocenters. The van der Waals surface area contributed by atoms with Gasteiger partial charge >= 0.3 is 5.69 Å². The Labute approximate surface area is 119 Å². The van der Waals surface area contributed by atoms with Gasteiger partial charge in [0.15, 0.2) is 11.5 Å². The van der Waals surface area contributed by atoms with Gasteiger partial charge < -0.3 is 4.74 Å². The average molecular weight is 292 g/mol. The molecule has 0 spiro atoms. The molecule has 0 heterocycles. The van der Waals surface area contributed by atoms with Gasteiger partial charge in [0.05, 0.1) is 12.0 Å². The molecule has 0 unspecified atom stereocenters. The van der Waals surface area contributed by atoms with Gasteiger partial charge in [-0.25, -0.2) is 0 Å². The van der Waals surface area contributed by atoms with Gasteiger partial charge in [-0.05, 0) is 36.4 Å². The highest BCUT2D eigenvalue weighted by Crippen LogP contribution is 2.28. The molecular formula is C14H10ClNO4. The molecule has 2 aromatic carbocycles. The second kappa shape index (κ2) is 5.71. The Morgan fingerprint density at radius 1 is 1.15 bits per heavy atom. The van der Waals surface area contributed by atoms with Gasteiger partial charge in [-0.15, -0.1) is 0 Å². The van der Waals surface area contributed by atoms with Crippen molar-refractivity contribution in [1.29, 1.82) is 0 Å². The topological polar surface area (TPSA) is 69.4 Å². The number of benzene rings is 2. The van der Waals surface area contributed by atoms with Gasteiger partial charge in [0.25, 0.3) is 0 Å². The van der Waals surface area contributed by atoms with Gasteiger partial charge in [0.1, 0.15) is 0 Å². The number of hydrogen-bond acceptors (Lipinski definition) is 4. The van der Waals surface area contributed by atoms with E-state index in [9.17, 15) is 14.9 Å². The van der Waals surface area contributed by atoms with Crippen LogP contribution < -0.4 is 4.74 Å². The number of halogens is 1. The van der Waals surface area contributed by atoms with E-state index in [1.165, 1.54) is 25.3 Å². The summed E-state index contributed by atoms with van der Waals surface area (Å²) in [6.07, 6.45) is 0. The molecule has 0 radical (unpaired) electrons. The van der Waals surface area contributed by atoms with E-state index < -0.39 is 4.92 Å². The van der Waals surface area contributed by atoms with E-state index in [0.29, 0.717) is 16.1 Å². The third-order valence-electron chi connectivity index (χ3n) is 2.75. The van der Waals surface area contributed by atoms with Gasteiger partial charge in [0, 0.05) is 22.2 Å². The molecule has 0 amide bonds. The summed E-state index contributed by atoms with van der Waals surface area (Å²) < 4.78 is 4.94. The second-order valence-corrected chi connectivity index (χ2v) is 4.42. The summed E-state index contributed by atoms with van der Waals surface area (Å²) in [7, 11) is 1.32. The third-order valence-corrected chi connectivity index (χ3v) is 3.00. The number of ether oxygens (including phenoxy) is 1. The minimum atomic E-state index is -0.560. The predicted octanol–water partition coefficient (Wildman–Crippen LogP) is 3.49. The van der Waals surface area contributed by atoms with E-state index in [2.05, 4.69) is 0 Å². The molecule has 0 aliphatic rings. The van der Waals surface area contributed by atoms with Gasteiger partial charge in [-0.1, -0.05) is 11.6 Å². The van der Waals surface area contributed by atoms with Crippen molar-refractivity contribution in [3.8, 4) is 5.75 Å². The van der Waals surface area contributed by atoms with Crippen LogP contribution in [0, 0.1) is 10.1 Å². The van der Waals surface area contributed by atoms with Crippen LogP contribution in [0.4, 0.5) is 5.69 Å². The minimum absolute atomic E-state index is 0.0508. The van der Waals surface area contributed by atoms with Gasteiger partial charge in [-0.3, -0.25) is 14.9 Å². The minimum Gasteiger partial charge on any atom is -0.490 e. The first-order valence-electron chi connectivity index (χ1n) is 5.65. The van der Waals surface area contributed by atoms with Crippen LogP contribution in [-0.4, -0.2) is 17.8 Å². The highest BCUT2D eigenvalue weighted by molar-refractivity contribution is 6.30. The van der Waals surface area contributed by atoms with Gasteiger partial charge in [-0.2, -0.15) is 0 Å². The molecule has 0 fully saturated rings. The maximum atomic E-state index is 12.2. The number of carbonyl (C=O) groups excluding carboxylic acids is 1. The summed E-state index contributed by atoms with van der Waals surface area (Å²) in [5.74, 6) is -0.204. The standard InChI is InChI=1S/C14H10ClNO4/c1-20-13-8-10(4-7-12(13)16(18)19)14(17)9-2-5-11(15)6-3-9/h2-8H,1H3. The summed E-state index contributed by atoms with van der Waals surface area (Å²) >= 11 is 5.76. The zero-order valence-electron chi connectivity index (χ0n) is 10.5.